The van der Waals surface area contributed by atoms with Crippen molar-refractivity contribution < 1.29 is 4.74 Å². The van der Waals surface area contributed by atoms with E-state index in [1.807, 2.05) is 6.33 Å². The van der Waals surface area contributed by atoms with Crippen molar-refractivity contribution in [3.8, 4) is 0 Å². The highest BCUT2D eigenvalue weighted by Crippen LogP contribution is 2.45. The van der Waals surface area contributed by atoms with E-state index < -0.39 is 0 Å². The minimum atomic E-state index is 0.0604. The Kier molecular flexibility index (Phi) is 3.47. The van der Waals surface area contributed by atoms with Gasteiger partial charge in [0.25, 0.3) is 0 Å². The van der Waals surface area contributed by atoms with E-state index in [1.165, 1.54) is 25.7 Å². The van der Waals surface area contributed by atoms with Crippen LogP contribution in [-0.2, 0) is 4.74 Å². The fourth-order valence-electron chi connectivity index (χ4n) is 4.96. The molecule has 1 aliphatic heterocycles. The fourth-order valence-corrected chi connectivity index (χ4v) is 4.96. The van der Waals surface area contributed by atoms with Gasteiger partial charge >= 0.3 is 0 Å². The van der Waals surface area contributed by atoms with E-state index in [2.05, 4.69) is 31.8 Å². The normalized spacial score (nSPS) is 35.1. The smallest absolute Gasteiger partial charge is 0.167 e. The van der Waals surface area contributed by atoms with Gasteiger partial charge in [0.15, 0.2) is 17.0 Å². The van der Waals surface area contributed by atoms with Gasteiger partial charge in [-0.05, 0) is 50.4 Å². The average Bonchev–Trinajstić information content (AvgIpc) is 3.37. The van der Waals surface area contributed by atoms with E-state index >= 15 is 0 Å². The maximum absolute atomic E-state index is 6.12. The summed E-state index contributed by atoms with van der Waals surface area (Å²) >= 11 is 0. The van der Waals surface area contributed by atoms with Gasteiger partial charge in [0.05, 0.1) is 12.4 Å². The lowest BCUT2D eigenvalue weighted by Crippen LogP contribution is -2.26. The second kappa shape index (κ2) is 5.69. The van der Waals surface area contributed by atoms with Gasteiger partial charge in [0.2, 0.25) is 0 Å². The Morgan fingerprint density at radius 3 is 2.88 bits per heavy atom. The molecule has 5 atom stereocenters. The van der Waals surface area contributed by atoms with Crippen molar-refractivity contribution in [3.05, 3.63) is 12.7 Å². The van der Waals surface area contributed by atoms with Crippen molar-refractivity contribution in [2.45, 2.75) is 70.2 Å². The number of nitrogens with one attached hydrogen (secondary N) is 1. The Labute approximate surface area is 142 Å². The molecule has 0 amide bonds. The highest BCUT2D eigenvalue weighted by Gasteiger charge is 2.40. The first-order valence-electron chi connectivity index (χ1n) is 9.41. The highest BCUT2D eigenvalue weighted by atomic mass is 16.5. The number of imidazole rings is 1. The van der Waals surface area contributed by atoms with E-state index in [9.17, 15) is 0 Å². The second-order valence-corrected chi connectivity index (χ2v) is 7.67. The maximum atomic E-state index is 6.12. The monoisotopic (exact) mass is 327 g/mol. The van der Waals surface area contributed by atoms with Gasteiger partial charge in [-0.3, -0.25) is 4.57 Å². The molecule has 128 valence electrons. The molecule has 3 fully saturated rings. The van der Waals surface area contributed by atoms with Crippen LogP contribution in [-0.4, -0.2) is 31.7 Å². The lowest BCUT2D eigenvalue weighted by atomic mass is 9.95. The topological polar surface area (TPSA) is 64.9 Å². The summed E-state index contributed by atoms with van der Waals surface area (Å²) in [5, 5.41) is 3.67. The van der Waals surface area contributed by atoms with Crippen LogP contribution in [0, 0.1) is 11.8 Å². The third kappa shape index (κ3) is 2.31. The Hall–Kier alpha value is -1.69. The molecule has 2 aromatic heterocycles. The van der Waals surface area contributed by atoms with Gasteiger partial charge in [0.1, 0.15) is 12.6 Å². The number of ether oxygens (including phenoxy) is 1. The first-order chi connectivity index (χ1) is 11.8. The lowest BCUT2D eigenvalue weighted by Gasteiger charge is -2.23. The van der Waals surface area contributed by atoms with Gasteiger partial charge in [-0.1, -0.05) is 13.3 Å². The molecule has 0 spiro atoms. The Morgan fingerprint density at radius 1 is 1.17 bits per heavy atom. The number of aromatic nitrogens is 4. The van der Waals surface area contributed by atoms with Gasteiger partial charge in [-0.2, -0.15) is 0 Å². The molecule has 6 nitrogen and oxygen atoms in total. The summed E-state index contributed by atoms with van der Waals surface area (Å²) < 4.78 is 8.20. The zero-order valence-electron chi connectivity index (χ0n) is 14.2. The van der Waals surface area contributed by atoms with Gasteiger partial charge in [-0.15, -0.1) is 0 Å². The minimum Gasteiger partial charge on any atom is -0.365 e. The number of fused-ring (bicyclic) bond motifs is 3. The van der Waals surface area contributed by atoms with Crippen molar-refractivity contribution in [3.63, 3.8) is 0 Å². The molecular formula is C18H25N5O. The van der Waals surface area contributed by atoms with Gasteiger partial charge in [0, 0.05) is 6.04 Å². The van der Waals surface area contributed by atoms with Crippen molar-refractivity contribution in [1.29, 1.82) is 0 Å². The Bertz CT molecular complexity index is 744. The summed E-state index contributed by atoms with van der Waals surface area (Å²) in [5.74, 6) is 2.62. The molecule has 0 radical (unpaired) electrons. The summed E-state index contributed by atoms with van der Waals surface area (Å²) in [5.41, 5.74) is 1.77. The Balaban J connectivity index is 1.42. The predicted molar refractivity (Wildman–Crippen MR) is 91.6 cm³/mol. The van der Waals surface area contributed by atoms with E-state index in [0.717, 1.165) is 48.1 Å². The minimum absolute atomic E-state index is 0.0604. The number of anilines is 1. The summed E-state index contributed by atoms with van der Waals surface area (Å²) in [6.07, 6.45) is 12.6. The predicted octanol–water partition coefficient (Wildman–Crippen LogP) is 3.51. The van der Waals surface area contributed by atoms with Crippen LogP contribution in [0.5, 0.6) is 0 Å². The summed E-state index contributed by atoms with van der Waals surface area (Å²) in [6.45, 7) is 2.18. The molecule has 3 aliphatic rings. The van der Waals surface area contributed by atoms with Crippen LogP contribution in [0.15, 0.2) is 12.7 Å². The van der Waals surface area contributed by atoms with Crippen LogP contribution in [0.2, 0.25) is 0 Å². The summed E-state index contributed by atoms with van der Waals surface area (Å²) in [4.78, 5) is 13.6. The summed E-state index contributed by atoms with van der Waals surface area (Å²) in [7, 11) is 0. The first-order valence-corrected chi connectivity index (χ1v) is 9.41. The molecule has 2 saturated carbocycles. The zero-order chi connectivity index (χ0) is 16.1. The number of nitrogens with zero attached hydrogens (tertiary/aromatic N) is 4. The molecule has 5 rings (SSSR count). The standard InChI is InChI=1S/C18H25N5O/c1-2-13-5-6-15(24-13)23-10-21-16-17(19-9-20-18(16)23)22-14-8-11-3-4-12(14)7-11/h9-15H,2-8H2,1H3,(H,19,20,22). The molecule has 1 saturated heterocycles. The van der Waals surface area contributed by atoms with Crippen molar-refractivity contribution >= 4 is 17.0 Å². The van der Waals surface area contributed by atoms with Crippen LogP contribution in [0.25, 0.3) is 11.2 Å². The first kappa shape index (κ1) is 14.6. The van der Waals surface area contributed by atoms with Crippen molar-refractivity contribution in [2.24, 2.45) is 11.8 Å². The maximum Gasteiger partial charge on any atom is 0.167 e. The molecule has 6 heteroatoms. The zero-order valence-corrected chi connectivity index (χ0v) is 14.2. The molecule has 24 heavy (non-hydrogen) atoms. The van der Waals surface area contributed by atoms with Crippen LogP contribution >= 0.6 is 0 Å². The molecule has 1 N–H and O–H groups in total. The molecule has 5 unspecified atom stereocenters. The lowest BCUT2D eigenvalue weighted by molar-refractivity contribution is 0.00289. The molecule has 3 heterocycles. The van der Waals surface area contributed by atoms with E-state index in [0.29, 0.717) is 12.1 Å². The van der Waals surface area contributed by atoms with Crippen LogP contribution in [0.1, 0.15) is 58.1 Å². The van der Waals surface area contributed by atoms with E-state index in [-0.39, 0.29) is 6.23 Å². The Morgan fingerprint density at radius 2 is 2.12 bits per heavy atom. The van der Waals surface area contributed by atoms with Crippen LogP contribution < -0.4 is 5.32 Å². The fraction of sp³-hybridized carbons (Fsp3) is 0.722. The summed E-state index contributed by atoms with van der Waals surface area (Å²) in [6, 6.07) is 0.555. The van der Waals surface area contributed by atoms with Crippen LogP contribution in [0.3, 0.4) is 0 Å². The molecule has 2 aliphatic carbocycles. The average molecular weight is 327 g/mol. The van der Waals surface area contributed by atoms with Crippen LogP contribution in [0.4, 0.5) is 5.82 Å². The largest absolute Gasteiger partial charge is 0.365 e. The molecule has 0 aromatic carbocycles. The van der Waals surface area contributed by atoms with Crippen molar-refractivity contribution in [2.75, 3.05) is 5.32 Å². The molecular weight excluding hydrogens is 302 g/mol. The third-order valence-electron chi connectivity index (χ3n) is 6.27. The number of hydrogen-bond acceptors (Lipinski definition) is 5. The quantitative estimate of drug-likeness (QED) is 0.931. The highest BCUT2D eigenvalue weighted by molar-refractivity contribution is 5.82. The molecule has 2 bridgehead atoms. The number of hydrogen-bond donors (Lipinski definition) is 1. The SMILES string of the molecule is CCC1CCC(n2cnc3c(NC4CC5CCC4C5)ncnc32)O1. The second-order valence-electron chi connectivity index (χ2n) is 7.67. The number of rotatable bonds is 4. The van der Waals surface area contributed by atoms with E-state index in [1.54, 1.807) is 6.33 Å². The van der Waals surface area contributed by atoms with Gasteiger partial charge < -0.3 is 10.1 Å². The van der Waals surface area contributed by atoms with Crippen molar-refractivity contribution in [1.82, 2.24) is 19.5 Å². The molecule has 2 aromatic rings. The van der Waals surface area contributed by atoms with Gasteiger partial charge in [-0.25, -0.2) is 15.0 Å². The third-order valence-corrected chi connectivity index (χ3v) is 6.27. The van der Waals surface area contributed by atoms with E-state index in [4.69, 9.17) is 4.74 Å².